The average Bonchev–Trinajstić information content (AvgIpc) is 3.39. The predicted molar refractivity (Wildman–Crippen MR) is 164 cm³/mol. The van der Waals surface area contributed by atoms with Gasteiger partial charge in [-0.3, -0.25) is 4.57 Å². The van der Waals surface area contributed by atoms with Gasteiger partial charge in [-0.15, -0.1) is 0 Å². The van der Waals surface area contributed by atoms with Crippen molar-refractivity contribution in [1.82, 2.24) is 29.4 Å². The minimum atomic E-state index is -2.80. The van der Waals surface area contributed by atoms with E-state index >= 15 is 0 Å². The molecule has 2 fully saturated rings. The van der Waals surface area contributed by atoms with Gasteiger partial charge in [0.05, 0.1) is 24.2 Å². The Kier molecular flexibility index (Phi) is 8.54. The summed E-state index contributed by atoms with van der Waals surface area (Å²) in [6.45, 7) is 8.81. The molecule has 0 aliphatic carbocycles. The number of piperidine rings is 1. The summed E-state index contributed by atoms with van der Waals surface area (Å²) in [5.74, 6) is 1.16. The molecule has 2 saturated heterocycles. The molecule has 0 saturated carbocycles. The third-order valence-corrected chi connectivity index (χ3v) is 8.44. The Balaban J connectivity index is 1.32. The van der Waals surface area contributed by atoms with E-state index in [1.54, 1.807) is 24.3 Å². The Morgan fingerprint density at radius 2 is 1.56 bits per heavy atom. The van der Waals surface area contributed by atoms with Gasteiger partial charge in [-0.2, -0.15) is 15.0 Å². The van der Waals surface area contributed by atoms with E-state index in [1.165, 1.54) is 28.5 Å². The molecule has 2 aliphatic heterocycles. The standard InChI is InChI=1S/C32H40F2N8O/c1-32(2,21-24-9-5-4-8-23(24)20-22-12-14-40(3)15-13-22)39-29-36-30(41-16-18-43-19-17-41)38-31(37-29)42-26-11-7-6-10-25(26)35-28(42)27(33)34/h4-11,22,27H,12-21H2,1-3H3,(H,36,37,38,39). The Morgan fingerprint density at radius 1 is 0.884 bits per heavy atom. The number of para-hydroxylation sites is 2. The molecular formula is C32H40F2N8O. The third kappa shape index (κ3) is 6.78. The highest BCUT2D eigenvalue weighted by Crippen LogP contribution is 2.29. The number of anilines is 2. The fourth-order valence-corrected chi connectivity index (χ4v) is 6.15. The SMILES string of the molecule is CN1CCC(Cc2ccccc2CC(C)(C)Nc2nc(N3CCOCC3)nc(-n3c(C(F)F)nc4ccccc43)n2)CC1. The van der Waals surface area contributed by atoms with Crippen molar-refractivity contribution < 1.29 is 13.5 Å². The number of fused-ring (bicyclic) bond motifs is 1. The highest BCUT2D eigenvalue weighted by atomic mass is 19.3. The molecule has 4 aromatic rings. The van der Waals surface area contributed by atoms with E-state index in [9.17, 15) is 8.78 Å². The van der Waals surface area contributed by atoms with Gasteiger partial charge in [-0.25, -0.2) is 13.8 Å². The third-order valence-electron chi connectivity index (χ3n) is 8.44. The summed E-state index contributed by atoms with van der Waals surface area (Å²) in [4.78, 5) is 22.8. The first kappa shape index (κ1) is 29.4. The van der Waals surface area contributed by atoms with Gasteiger partial charge < -0.3 is 19.9 Å². The number of likely N-dealkylation sites (tertiary alicyclic amines) is 1. The zero-order valence-corrected chi connectivity index (χ0v) is 25.1. The van der Waals surface area contributed by atoms with Crippen molar-refractivity contribution in [3.8, 4) is 5.95 Å². The van der Waals surface area contributed by atoms with E-state index in [0.29, 0.717) is 55.2 Å². The summed E-state index contributed by atoms with van der Waals surface area (Å²) < 4.78 is 35.4. The van der Waals surface area contributed by atoms with Crippen LogP contribution in [0.1, 0.15) is 50.1 Å². The number of hydrogen-bond donors (Lipinski definition) is 1. The predicted octanol–water partition coefficient (Wildman–Crippen LogP) is 5.30. The molecule has 2 aliphatic rings. The molecule has 0 amide bonds. The number of rotatable bonds is 9. The van der Waals surface area contributed by atoms with Gasteiger partial charge >= 0.3 is 0 Å². The van der Waals surface area contributed by atoms with Crippen LogP contribution >= 0.6 is 0 Å². The van der Waals surface area contributed by atoms with Crippen molar-refractivity contribution in [2.24, 2.45) is 5.92 Å². The second-order valence-electron chi connectivity index (χ2n) is 12.4. The normalized spacial score (nSPS) is 17.2. The maximum atomic E-state index is 14.2. The average molecular weight is 591 g/mol. The van der Waals surface area contributed by atoms with Crippen LogP contribution in [-0.4, -0.2) is 81.4 Å². The van der Waals surface area contributed by atoms with Crippen LogP contribution in [0.15, 0.2) is 48.5 Å². The summed E-state index contributed by atoms with van der Waals surface area (Å²) in [7, 11) is 2.19. The van der Waals surface area contributed by atoms with Crippen molar-refractivity contribution in [2.45, 2.75) is 51.5 Å². The number of alkyl halides is 2. The lowest BCUT2D eigenvalue weighted by Crippen LogP contribution is -2.39. The van der Waals surface area contributed by atoms with Crippen LogP contribution < -0.4 is 10.2 Å². The van der Waals surface area contributed by atoms with E-state index < -0.39 is 17.8 Å². The Morgan fingerprint density at radius 3 is 2.30 bits per heavy atom. The second kappa shape index (κ2) is 12.5. The zero-order valence-electron chi connectivity index (χ0n) is 25.1. The summed E-state index contributed by atoms with van der Waals surface area (Å²) in [6.07, 6.45) is 1.45. The number of aromatic nitrogens is 5. The van der Waals surface area contributed by atoms with Crippen LogP contribution in [0.2, 0.25) is 0 Å². The fourth-order valence-electron chi connectivity index (χ4n) is 6.15. The number of hydrogen-bond acceptors (Lipinski definition) is 8. The van der Waals surface area contributed by atoms with Crippen LogP contribution in [0.4, 0.5) is 20.7 Å². The van der Waals surface area contributed by atoms with Crippen molar-refractivity contribution in [3.05, 3.63) is 65.5 Å². The molecule has 11 heteroatoms. The molecule has 4 heterocycles. The van der Waals surface area contributed by atoms with E-state index in [4.69, 9.17) is 14.7 Å². The molecule has 0 spiro atoms. The molecule has 1 N–H and O–H groups in total. The molecule has 43 heavy (non-hydrogen) atoms. The Hall–Kier alpha value is -3.70. The number of halogens is 2. The van der Waals surface area contributed by atoms with Gasteiger partial charge in [-0.05, 0) is 88.8 Å². The Bertz CT molecular complexity index is 1540. The maximum absolute atomic E-state index is 14.2. The van der Waals surface area contributed by atoms with Gasteiger partial charge in [0.1, 0.15) is 0 Å². The number of imidazole rings is 1. The van der Waals surface area contributed by atoms with E-state index in [1.807, 2.05) is 4.90 Å². The minimum Gasteiger partial charge on any atom is -0.378 e. The zero-order chi connectivity index (χ0) is 30.0. The molecule has 6 rings (SSSR count). The molecule has 2 aromatic carbocycles. The lowest BCUT2D eigenvalue weighted by Gasteiger charge is -2.31. The van der Waals surface area contributed by atoms with Gasteiger partial charge in [0, 0.05) is 18.6 Å². The monoisotopic (exact) mass is 590 g/mol. The first-order chi connectivity index (χ1) is 20.8. The summed E-state index contributed by atoms with van der Waals surface area (Å²) in [5, 5.41) is 3.53. The van der Waals surface area contributed by atoms with Gasteiger partial charge in [-0.1, -0.05) is 36.4 Å². The first-order valence-corrected chi connectivity index (χ1v) is 15.1. The highest BCUT2D eigenvalue weighted by Gasteiger charge is 2.27. The first-order valence-electron chi connectivity index (χ1n) is 15.1. The van der Waals surface area contributed by atoms with Crippen molar-refractivity contribution in [2.75, 3.05) is 56.7 Å². The lowest BCUT2D eigenvalue weighted by atomic mass is 9.85. The smallest absolute Gasteiger partial charge is 0.296 e. The van der Waals surface area contributed by atoms with Crippen molar-refractivity contribution in [3.63, 3.8) is 0 Å². The van der Waals surface area contributed by atoms with Crippen LogP contribution in [0.25, 0.3) is 17.0 Å². The largest absolute Gasteiger partial charge is 0.378 e. The second-order valence-corrected chi connectivity index (χ2v) is 12.4. The number of nitrogens with zero attached hydrogens (tertiary/aromatic N) is 7. The molecule has 2 aromatic heterocycles. The van der Waals surface area contributed by atoms with Gasteiger partial charge in [0.15, 0.2) is 5.82 Å². The maximum Gasteiger partial charge on any atom is 0.296 e. The van der Waals surface area contributed by atoms with Crippen LogP contribution in [-0.2, 0) is 17.6 Å². The summed E-state index contributed by atoms with van der Waals surface area (Å²) >= 11 is 0. The van der Waals surface area contributed by atoms with Crippen molar-refractivity contribution >= 4 is 22.9 Å². The van der Waals surface area contributed by atoms with Crippen molar-refractivity contribution in [1.29, 1.82) is 0 Å². The Labute approximate surface area is 251 Å². The number of morpholine rings is 1. The summed E-state index contributed by atoms with van der Waals surface area (Å²) in [5.41, 5.74) is 3.21. The molecular weight excluding hydrogens is 550 g/mol. The van der Waals surface area contributed by atoms with E-state index in [-0.39, 0.29) is 5.95 Å². The number of ether oxygens (including phenoxy) is 1. The van der Waals surface area contributed by atoms with E-state index in [2.05, 4.69) is 65.3 Å². The van der Waals surface area contributed by atoms with Crippen LogP contribution in [0, 0.1) is 5.92 Å². The fraction of sp³-hybridized carbons (Fsp3) is 0.500. The number of nitrogens with one attached hydrogen (secondary N) is 1. The molecule has 0 bridgehead atoms. The molecule has 228 valence electrons. The topological polar surface area (TPSA) is 84.2 Å². The molecule has 9 nitrogen and oxygen atoms in total. The quantitative estimate of drug-likeness (QED) is 0.281. The number of benzene rings is 2. The minimum absolute atomic E-state index is 0.112. The van der Waals surface area contributed by atoms with Gasteiger partial charge in [0.25, 0.3) is 6.43 Å². The van der Waals surface area contributed by atoms with Crippen LogP contribution in [0.5, 0.6) is 0 Å². The van der Waals surface area contributed by atoms with Crippen LogP contribution in [0.3, 0.4) is 0 Å². The molecule has 0 unspecified atom stereocenters. The lowest BCUT2D eigenvalue weighted by molar-refractivity contribution is 0.122. The molecule has 0 radical (unpaired) electrons. The van der Waals surface area contributed by atoms with E-state index in [0.717, 1.165) is 25.9 Å². The van der Waals surface area contributed by atoms with Gasteiger partial charge in [0.2, 0.25) is 17.8 Å². The molecule has 0 atom stereocenters. The highest BCUT2D eigenvalue weighted by molar-refractivity contribution is 5.77. The summed E-state index contributed by atoms with van der Waals surface area (Å²) in [6, 6.07) is 15.7.